The van der Waals surface area contributed by atoms with Crippen molar-refractivity contribution in [1.29, 1.82) is 5.26 Å². The summed E-state index contributed by atoms with van der Waals surface area (Å²) in [5, 5.41) is 10.9. The minimum absolute atomic E-state index is 0.288. The Morgan fingerprint density at radius 2 is 1.90 bits per heavy atom. The molecule has 0 saturated carbocycles. The number of fused-ring (bicyclic) bond motifs is 2. The van der Waals surface area contributed by atoms with E-state index in [1.807, 2.05) is 30.3 Å². The van der Waals surface area contributed by atoms with E-state index in [4.69, 9.17) is 4.42 Å². The summed E-state index contributed by atoms with van der Waals surface area (Å²) < 4.78 is 19.2. The summed E-state index contributed by atoms with van der Waals surface area (Å²) in [5.74, 6) is 0.497. The van der Waals surface area contributed by atoms with Crippen LogP contribution in [0.2, 0.25) is 0 Å². The molecule has 8 heteroatoms. The van der Waals surface area contributed by atoms with Crippen molar-refractivity contribution in [3.63, 3.8) is 0 Å². The van der Waals surface area contributed by atoms with E-state index >= 15 is 0 Å². The molecule has 3 aromatic heterocycles. The third kappa shape index (κ3) is 3.39. The van der Waals surface area contributed by atoms with Gasteiger partial charge in [-0.05, 0) is 54.2 Å². The maximum absolute atomic E-state index is 13.4. The zero-order chi connectivity index (χ0) is 19.8. The van der Waals surface area contributed by atoms with Crippen LogP contribution >= 0.6 is 11.8 Å². The van der Waals surface area contributed by atoms with Crippen molar-refractivity contribution in [3.8, 4) is 6.07 Å². The van der Waals surface area contributed by atoms with Crippen LogP contribution in [0.1, 0.15) is 11.6 Å². The number of imidazole rings is 2. The summed E-state index contributed by atoms with van der Waals surface area (Å²) in [7, 11) is 0. The summed E-state index contributed by atoms with van der Waals surface area (Å²) >= 11 is 1.36. The molecular formula is C21H12FN5OS. The average molecular weight is 401 g/mol. The second-order valence-electron chi connectivity index (χ2n) is 6.23. The average Bonchev–Trinajstić information content (AvgIpc) is 3.43. The zero-order valence-electron chi connectivity index (χ0n) is 14.8. The number of para-hydroxylation sites is 2. The summed E-state index contributed by atoms with van der Waals surface area (Å²) in [5.41, 5.74) is 3.24. The molecule has 0 bridgehead atoms. The number of H-pyrrole nitrogens is 2. The molecule has 0 radical (unpaired) electrons. The molecule has 5 aromatic rings. The smallest absolute Gasteiger partial charge is 0.174 e. The number of nitriles is 1. The summed E-state index contributed by atoms with van der Waals surface area (Å²) in [6.45, 7) is 0. The van der Waals surface area contributed by atoms with Gasteiger partial charge in [-0.25, -0.2) is 14.4 Å². The lowest BCUT2D eigenvalue weighted by Gasteiger charge is -1.93. The van der Waals surface area contributed by atoms with Crippen molar-refractivity contribution in [2.45, 2.75) is 10.2 Å². The van der Waals surface area contributed by atoms with Crippen LogP contribution in [0.25, 0.3) is 33.7 Å². The molecule has 140 valence electrons. The van der Waals surface area contributed by atoms with E-state index in [-0.39, 0.29) is 11.4 Å². The topological polar surface area (TPSA) is 94.3 Å². The van der Waals surface area contributed by atoms with Gasteiger partial charge in [0, 0.05) is 6.08 Å². The number of nitrogens with one attached hydrogen (secondary N) is 2. The lowest BCUT2D eigenvalue weighted by molar-refractivity contribution is 0.466. The second-order valence-corrected chi connectivity index (χ2v) is 7.23. The SMILES string of the molecule is N#C/C(=C/c1ccc(Sc2nc3ccccc3[nH]2)o1)c1nc2ccc(F)cc2[nH]1. The van der Waals surface area contributed by atoms with Gasteiger partial charge in [-0.3, -0.25) is 0 Å². The number of furan rings is 1. The predicted octanol–water partition coefficient (Wildman–Crippen LogP) is 5.39. The monoisotopic (exact) mass is 401 g/mol. The van der Waals surface area contributed by atoms with Crippen LogP contribution in [0.15, 0.2) is 69.3 Å². The van der Waals surface area contributed by atoms with Gasteiger partial charge in [-0.2, -0.15) is 5.26 Å². The number of rotatable bonds is 4. The minimum atomic E-state index is -0.367. The Morgan fingerprint density at radius 3 is 2.76 bits per heavy atom. The van der Waals surface area contributed by atoms with E-state index in [2.05, 4.69) is 26.0 Å². The second kappa shape index (κ2) is 6.96. The molecule has 0 amide bonds. The molecule has 3 heterocycles. The Bertz CT molecular complexity index is 1390. The van der Waals surface area contributed by atoms with E-state index in [0.717, 1.165) is 16.2 Å². The van der Waals surface area contributed by atoms with E-state index in [1.54, 1.807) is 18.2 Å². The molecule has 0 spiro atoms. The lowest BCUT2D eigenvalue weighted by Crippen LogP contribution is -1.84. The number of benzene rings is 2. The lowest BCUT2D eigenvalue weighted by atomic mass is 10.2. The Labute approximate surface area is 168 Å². The van der Waals surface area contributed by atoms with Crippen LogP contribution in [-0.4, -0.2) is 19.9 Å². The molecule has 0 fully saturated rings. The molecule has 0 aliphatic heterocycles. The van der Waals surface area contributed by atoms with Gasteiger partial charge < -0.3 is 14.4 Å². The normalized spacial score (nSPS) is 11.9. The van der Waals surface area contributed by atoms with Crippen LogP contribution in [0, 0.1) is 17.1 Å². The number of hydrogen-bond acceptors (Lipinski definition) is 5. The highest BCUT2D eigenvalue weighted by Gasteiger charge is 2.11. The van der Waals surface area contributed by atoms with Crippen molar-refractivity contribution in [2.24, 2.45) is 0 Å². The molecule has 6 nitrogen and oxygen atoms in total. The zero-order valence-corrected chi connectivity index (χ0v) is 15.6. The molecule has 2 N–H and O–H groups in total. The van der Waals surface area contributed by atoms with E-state index in [0.29, 0.717) is 27.7 Å². The minimum Gasteiger partial charge on any atom is -0.450 e. The molecule has 0 atom stereocenters. The molecule has 2 aromatic carbocycles. The highest BCUT2D eigenvalue weighted by Crippen LogP contribution is 2.30. The van der Waals surface area contributed by atoms with E-state index in [9.17, 15) is 9.65 Å². The van der Waals surface area contributed by atoms with Crippen LogP contribution in [0.4, 0.5) is 4.39 Å². The fourth-order valence-corrected chi connectivity index (χ4v) is 3.71. The van der Waals surface area contributed by atoms with Crippen molar-refractivity contribution in [2.75, 3.05) is 0 Å². The van der Waals surface area contributed by atoms with Gasteiger partial charge >= 0.3 is 0 Å². The largest absolute Gasteiger partial charge is 0.450 e. The summed E-state index contributed by atoms with van der Waals surface area (Å²) in [4.78, 5) is 15.0. The van der Waals surface area contributed by atoms with Crippen molar-refractivity contribution < 1.29 is 8.81 Å². The number of nitrogens with zero attached hydrogens (tertiary/aromatic N) is 3. The molecule has 29 heavy (non-hydrogen) atoms. The quantitative estimate of drug-likeness (QED) is 0.394. The molecule has 0 saturated heterocycles. The van der Waals surface area contributed by atoms with Crippen LogP contribution in [0.3, 0.4) is 0 Å². The van der Waals surface area contributed by atoms with Gasteiger partial charge in [0.05, 0.1) is 27.6 Å². The number of aromatic amines is 2. The highest BCUT2D eigenvalue weighted by molar-refractivity contribution is 7.99. The Morgan fingerprint density at radius 1 is 1.03 bits per heavy atom. The first kappa shape index (κ1) is 17.3. The van der Waals surface area contributed by atoms with Crippen LogP contribution < -0.4 is 0 Å². The standard InChI is InChI=1S/C21H12FN5OS/c22-13-5-7-17-18(10-13)25-20(24-17)12(11-23)9-14-6-8-19(28-14)29-21-26-15-3-1-2-4-16(15)27-21/h1-10H,(H,24,25)(H,26,27)/b12-9-. The van der Waals surface area contributed by atoms with Gasteiger partial charge in [0.2, 0.25) is 0 Å². The van der Waals surface area contributed by atoms with Gasteiger partial charge in [-0.15, -0.1) is 0 Å². The van der Waals surface area contributed by atoms with Crippen molar-refractivity contribution in [3.05, 3.63) is 72.0 Å². The van der Waals surface area contributed by atoms with Gasteiger partial charge in [0.25, 0.3) is 0 Å². The predicted molar refractivity (Wildman–Crippen MR) is 108 cm³/mol. The number of halogens is 1. The molecule has 0 unspecified atom stereocenters. The first-order valence-electron chi connectivity index (χ1n) is 8.68. The summed E-state index contributed by atoms with van der Waals surface area (Å²) in [6, 6.07) is 17.7. The molecule has 5 rings (SSSR count). The van der Waals surface area contributed by atoms with Crippen LogP contribution in [0.5, 0.6) is 0 Å². The summed E-state index contributed by atoms with van der Waals surface area (Å²) in [6.07, 6.45) is 1.59. The van der Waals surface area contributed by atoms with Gasteiger partial charge in [-0.1, -0.05) is 12.1 Å². The third-order valence-corrected chi connectivity index (χ3v) is 5.08. The Balaban J connectivity index is 1.42. The fraction of sp³-hybridized carbons (Fsp3) is 0. The van der Waals surface area contributed by atoms with Crippen molar-refractivity contribution in [1.82, 2.24) is 19.9 Å². The fourth-order valence-electron chi connectivity index (χ4n) is 2.95. The van der Waals surface area contributed by atoms with Gasteiger partial charge in [0.15, 0.2) is 10.2 Å². The first-order chi connectivity index (χ1) is 14.2. The first-order valence-corrected chi connectivity index (χ1v) is 9.49. The molecule has 0 aliphatic rings. The number of hydrogen-bond donors (Lipinski definition) is 2. The van der Waals surface area contributed by atoms with Crippen molar-refractivity contribution >= 4 is 45.5 Å². The maximum Gasteiger partial charge on any atom is 0.174 e. The number of aromatic nitrogens is 4. The van der Waals surface area contributed by atoms with Gasteiger partial charge in [0.1, 0.15) is 23.5 Å². The third-order valence-electron chi connectivity index (χ3n) is 4.27. The van der Waals surface area contributed by atoms with E-state index < -0.39 is 0 Å². The Kier molecular flexibility index (Phi) is 4.15. The van der Waals surface area contributed by atoms with E-state index in [1.165, 1.54) is 23.9 Å². The molecular weight excluding hydrogens is 389 g/mol. The van der Waals surface area contributed by atoms with Crippen LogP contribution in [-0.2, 0) is 0 Å². The molecule has 0 aliphatic carbocycles. The number of allylic oxidation sites excluding steroid dienone is 1. The Hall–Kier alpha value is -3.83. The highest BCUT2D eigenvalue weighted by atomic mass is 32.2. The maximum atomic E-state index is 13.4.